The lowest BCUT2D eigenvalue weighted by molar-refractivity contribution is -0.322. The lowest BCUT2D eigenvalue weighted by Crippen LogP contribution is -2.84. The smallest absolute Gasteiger partial charge is 0.339 e. The van der Waals surface area contributed by atoms with Crippen LogP contribution < -0.4 is 5.32 Å². The molecule has 19 aliphatic rings. The second kappa shape index (κ2) is 19.0. The Morgan fingerprint density at radius 3 is 2.54 bits per heavy atom. The molecule has 12 aliphatic carbocycles. The maximum atomic E-state index is 18.0. The molecule has 21 rings (SSSR count). The van der Waals surface area contributed by atoms with E-state index in [4.69, 9.17) is 23.4 Å². The molecule has 0 radical (unpaired) electrons. The SMILES string of the molecule is CC(C)C[C@H]1C=C2C[C@H]3CC[C@@]45CCC6(CCCC6)[C@@H]4CC[C@H]4[C@H]6C[C@]7(C)[C@]89O[C@@H]8C(=O)O[C@@]78c7c(coc7C[C@@H]([C@H]7CC[C@H]%10[C@H](C=CN%11CNC[C@H]%10%11)C7)[C@H](O)CO)CC[C@H]8C#C[C@H]7CC[C@H](Cc8ccccc8)C[C@H]7[C@]97[C@H](O)C(=O)[C@@H]8[C@@]1(C)O[C@]21[C@@H](C(=O)OC[C@@]81[C@@H]67)[C@]345. The Morgan fingerprint density at radius 1 is 0.862 bits per heavy atom. The minimum absolute atomic E-state index is 0.00544. The average molecular weight is 1280 g/mol. The van der Waals surface area contributed by atoms with E-state index in [0.717, 1.165) is 108 Å². The van der Waals surface area contributed by atoms with Crippen LogP contribution in [0.5, 0.6) is 0 Å². The standard InChI is InChI=1S/C81H100N2O11/c1-43(2)30-52-35-53-34-51-22-26-75-28-27-74(24-8-9-25-74)62(75)21-20-57-56-37-72(3)79-50(18-15-49-40-90-61(63(49)79)36-55(60(85)39-84)47-16-19-54-48(33-47)23-29-83-42-82-38-59(54)83)17-14-46-13-12-45(31-44-10-6-5-7-11-44)32-58(46)78(81(72)69(92-81)71(89)93-79)65(56)76-41-91-70(88)67(77(51,57)75)80(53,76)94-73(52,4)66(76)64(86)68(78)87/h5-7,10-11,23,29,35,40,43,45-48,50-52,54-60,62,65-69,82,84-85,87H,8-9,12-13,15-16,18-22,24-28,30-34,36-39,41-42H2,1-4H3/t45-,46-,47+,48-,50-,51-,52+,54+,55+,56-,57+,58-,59-,60-,62+,65-,66-,67+,68-,69-,72+,73+,75-,76-,77+,78+,79+,80+,81-/m1/s1. The van der Waals surface area contributed by atoms with E-state index in [1.54, 1.807) is 0 Å². The van der Waals surface area contributed by atoms with Gasteiger partial charge in [0.25, 0.3) is 0 Å². The molecule has 0 amide bonds. The van der Waals surface area contributed by atoms with Crippen molar-refractivity contribution in [3.05, 3.63) is 83.0 Å². The first-order valence-corrected chi connectivity index (χ1v) is 38.3. The van der Waals surface area contributed by atoms with E-state index in [2.05, 4.69) is 98.4 Å². The van der Waals surface area contributed by atoms with Crippen molar-refractivity contribution >= 4 is 17.7 Å². The summed E-state index contributed by atoms with van der Waals surface area (Å²) in [6.07, 6.45) is 27.0. The summed E-state index contributed by atoms with van der Waals surface area (Å²) in [5.41, 5.74) is -4.93. The molecule has 500 valence electrons. The number of aryl methyl sites for hydroxylation is 1. The van der Waals surface area contributed by atoms with Gasteiger partial charge in [-0.25, -0.2) is 4.79 Å². The predicted molar refractivity (Wildman–Crippen MR) is 346 cm³/mol. The third kappa shape index (κ3) is 6.25. The number of aliphatic hydroxyl groups excluding tert-OH is 3. The third-order valence-corrected chi connectivity index (χ3v) is 34.2. The molecule has 8 heterocycles. The van der Waals surface area contributed by atoms with Crippen LogP contribution in [0, 0.1) is 145 Å². The highest BCUT2D eigenvalue weighted by atomic mass is 16.7. The summed E-state index contributed by atoms with van der Waals surface area (Å²) in [6.45, 7) is 10.7. The van der Waals surface area contributed by atoms with Gasteiger partial charge < -0.3 is 43.6 Å². The predicted octanol–water partition coefficient (Wildman–Crippen LogP) is 11.0. The first-order chi connectivity index (χ1) is 45.5. The summed E-state index contributed by atoms with van der Waals surface area (Å²) in [5.74, 6) is 6.56. The molecule has 13 heteroatoms. The Hall–Kier alpha value is -4.29. The van der Waals surface area contributed by atoms with Crippen molar-refractivity contribution in [2.24, 2.45) is 133 Å². The van der Waals surface area contributed by atoms with Crippen molar-refractivity contribution in [2.75, 3.05) is 26.4 Å². The number of furan rings is 1. The molecule has 29 atom stereocenters. The number of carbonyl (C=O) groups excluding carboxylic acids is 3. The van der Waals surface area contributed by atoms with Crippen molar-refractivity contribution in [1.29, 1.82) is 0 Å². The highest BCUT2D eigenvalue weighted by molar-refractivity contribution is 5.94. The fourth-order valence-corrected chi connectivity index (χ4v) is 32.2. The van der Waals surface area contributed by atoms with E-state index >= 15 is 19.5 Å². The normalized spacial score (nSPS) is 53.3. The average Bonchev–Trinajstić information content (AvgIpc) is 1.40. The van der Waals surface area contributed by atoms with Gasteiger partial charge in [0.15, 0.2) is 17.5 Å². The molecule has 4 N–H and O–H groups in total. The van der Waals surface area contributed by atoms with Crippen molar-refractivity contribution in [3.8, 4) is 11.8 Å². The van der Waals surface area contributed by atoms with Gasteiger partial charge in [-0.1, -0.05) is 87.9 Å². The highest BCUT2D eigenvalue weighted by Gasteiger charge is 3.02. The molecule has 7 aliphatic heterocycles. The van der Waals surface area contributed by atoms with Crippen molar-refractivity contribution in [3.63, 3.8) is 0 Å². The fraction of sp³-hybridized carbons (Fsp3) is 0.765. The second-order valence-electron chi connectivity index (χ2n) is 36.7. The number of cyclic esters (lactones) is 1. The Balaban J connectivity index is 0.832. The van der Waals surface area contributed by atoms with Crippen LogP contribution >= 0.6 is 0 Å². The van der Waals surface area contributed by atoms with E-state index in [1.165, 1.54) is 43.2 Å². The molecule has 94 heavy (non-hydrogen) atoms. The Morgan fingerprint density at radius 2 is 1.71 bits per heavy atom. The topological polar surface area (TPSA) is 181 Å². The second-order valence-corrected chi connectivity index (χ2v) is 36.7. The zero-order valence-electron chi connectivity index (χ0n) is 56.0. The van der Waals surface area contributed by atoms with Crippen molar-refractivity contribution in [2.45, 2.75) is 222 Å². The Kier molecular flexibility index (Phi) is 11.8. The molecular formula is C81H100N2O11. The Labute approximate surface area is 554 Å². The molecule has 13 nitrogen and oxygen atoms in total. The molecule has 0 unspecified atom stereocenters. The van der Waals surface area contributed by atoms with E-state index < -0.39 is 97.9 Å². The lowest BCUT2D eigenvalue weighted by Gasteiger charge is -2.75. The van der Waals surface area contributed by atoms with Crippen LogP contribution in [0.15, 0.2) is 64.9 Å². The van der Waals surface area contributed by atoms with Gasteiger partial charge in [-0.3, -0.25) is 14.9 Å². The first-order valence-electron chi connectivity index (χ1n) is 38.3. The number of hydrogen-bond acceptors (Lipinski definition) is 13. The van der Waals surface area contributed by atoms with E-state index in [9.17, 15) is 10.2 Å². The van der Waals surface area contributed by atoms with Gasteiger partial charge in [-0.2, -0.15) is 0 Å². The van der Waals surface area contributed by atoms with Crippen molar-refractivity contribution < 1.29 is 53.1 Å². The van der Waals surface area contributed by atoms with Gasteiger partial charge in [0.2, 0.25) is 0 Å². The van der Waals surface area contributed by atoms with Crippen LogP contribution in [-0.2, 0) is 58.2 Å². The molecule has 2 aromatic rings. The van der Waals surface area contributed by atoms with Gasteiger partial charge >= 0.3 is 11.9 Å². The zero-order chi connectivity index (χ0) is 63.4. The number of nitrogens with one attached hydrogen (secondary N) is 1. The van der Waals surface area contributed by atoms with Gasteiger partial charge in [0.1, 0.15) is 29.7 Å². The summed E-state index contributed by atoms with van der Waals surface area (Å²) in [6, 6.07) is 11.3. The van der Waals surface area contributed by atoms with Crippen LogP contribution in [0.1, 0.15) is 179 Å². The summed E-state index contributed by atoms with van der Waals surface area (Å²) >= 11 is 0. The number of rotatable bonds is 9. The number of carbonyl (C=O) groups is 3. The summed E-state index contributed by atoms with van der Waals surface area (Å²) in [7, 11) is 0. The van der Waals surface area contributed by atoms with E-state index in [1.807, 2.05) is 6.26 Å². The molecule has 1 aromatic heterocycles. The molecule has 5 saturated heterocycles. The number of epoxide rings is 1. The number of ketones is 1. The maximum Gasteiger partial charge on any atom is 0.339 e. The van der Waals surface area contributed by atoms with Gasteiger partial charge in [0.05, 0.1) is 54.4 Å². The highest BCUT2D eigenvalue weighted by Crippen LogP contribution is 2.95. The van der Waals surface area contributed by atoms with Crippen molar-refractivity contribution in [1.82, 2.24) is 10.2 Å². The number of hydrogen-bond donors (Lipinski definition) is 4. The minimum Gasteiger partial charge on any atom is -0.469 e. The molecule has 9 bridgehead atoms. The lowest BCUT2D eigenvalue weighted by atomic mass is 9.27. The number of benzene rings is 1. The summed E-state index contributed by atoms with van der Waals surface area (Å²) < 4.78 is 39.1. The number of allylic oxidation sites excluding steroid dienone is 1. The number of ether oxygens (including phenoxy) is 4. The minimum atomic E-state index is -1.57. The quantitative estimate of drug-likeness (QED) is 0.0807. The van der Waals surface area contributed by atoms with Crippen LogP contribution in [0.4, 0.5) is 0 Å². The number of Topliss-reactive ketones (excluding diaryl/α,β-unsaturated/α-hetero) is 1. The largest absolute Gasteiger partial charge is 0.469 e. The van der Waals surface area contributed by atoms with Crippen LogP contribution in [-0.4, -0.2) is 106 Å². The van der Waals surface area contributed by atoms with Crippen LogP contribution in [0.3, 0.4) is 0 Å². The fourth-order valence-electron chi connectivity index (χ4n) is 32.2. The summed E-state index contributed by atoms with van der Waals surface area (Å²) in [5, 5.41) is 42.6. The molecular weight excluding hydrogens is 1180 g/mol. The number of aliphatic hydroxyl groups is 3. The molecule has 10 saturated carbocycles. The zero-order valence-corrected chi connectivity index (χ0v) is 56.0. The molecule has 8 spiro atoms. The first kappa shape index (κ1) is 58.7. The van der Waals surface area contributed by atoms with E-state index in [-0.39, 0.29) is 89.1 Å². The van der Waals surface area contributed by atoms with Gasteiger partial charge in [0, 0.05) is 47.2 Å². The molecule has 1 aromatic carbocycles. The van der Waals surface area contributed by atoms with E-state index in [0.29, 0.717) is 61.7 Å². The molecule has 15 fully saturated rings. The number of fused-ring (bicyclic) bond motifs is 9. The monoisotopic (exact) mass is 1280 g/mol. The summed E-state index contributed by atoms with van der Waals surface area (Å²) in [4.78, 5) is 53.9. The van der Waals surface area contributed by atoms with Gasteiger partial charge in [-0.15, -0.1) is 0 Å². The van der Waals surface area contributed by atoms with Gasteiger partial charge in [-0.05, 0) is 245 Å². The van der Waals surface area contributed by atoms with Crippen LogP contribution in [0.2, 0.25) is 0 Å². The Bertz CT molecular complexity index is 3750. The maximum absolute atomic E-state index is 18.0. The third-order valence-electron chi connectivity index (χ3n) is 34.2. The number of esters is 2. The van der Waals surface area contributed by atoms with Crippen LogP contribution in [0.25, 0.3) is 0 Å². The number of nitrogens with zero attached hydrogens (tertiary/aromatic N) is 1.